The van der Waals surface area contributed by atoms with Crippen molar-refractivity contribution in [3.8, 4) is 0 Å². The number of aryl methyl sites for hydroxylation is 1. The lowest BCUT2D eigenvalue weighted by molar-refractivity contribution is 0.934. The van der Waals surface area contributed by atoms with E-state index in [-0.39, 0.29) is 0 Å². The molecule has 1 aromatic carbocycles. The quantitative estimate of drug-likeness (QED) is 0.707. The molecular weight excluding hydrogens is 393 g/mol. The van der Waals surface area contributed by atoms with Crippen LogP contribution in [0.1, 0.15) is 18.3 Å². The van der Waals surface area contributed by atoms with Gasteiger partial charge in [-0.05, 0) is 41.1 Å². The molecule has 0 amide bonds. The molecule has 2 aromatic rings. The molecule has 100 valence electrons. The number of anilines is 2. The summed E-state index contributed by atoms with van der Waals surface area (Å²) in [6, 6.07) is 5.91. The summed E-state index contributed by atoms with van der Waals surface area (Å²) in [5.74, 6) is 1.46. The minimum absolute atomic E-state index is 0.487. The summed E-state index contributed by atoms with van der Waals surface area (Å²) in [7, 11) is 0. The smallest absolute Gasteiger partial charge is 0.138 e. The van der Waals surface area contributed by atoms with Gasteiger partial charge in [-0.1, -0.05) is 34.5 Å². The second kappa shape index (κ2) is 6.20. The van der Waals surface area contributed by atoms with Crippen molar-refractivity contribution in [2.24, 2.45) is 0 Å². The van der Waals surface area contributed by atoms with Crippen molar-refractivity contribution in [3.05, 3.63) is 43.7 Å². The van der Waals surface area contributed by atoms with Crippen molar-refractivity contribution in [1.29, 1.82) is 0 Å². The molecule has 0 saturated carbocycles. The van der Waals surface area contributed by atoms with Gasteiger partial charge in [0.05, 0.1) is 5.69 Å². The van der Waals surface area contributed by atoms with Gasteiger partial charge in [0, 0.05) is 20.9 Å². The van der Waals surface area contributed by atoms with Gasteiger partial charge < -0.3 is 5.32 Å². The highest BCUT2D eigenvalue weighted by molar-refractivity contribution is 9.11. The van der Waals surface area contributed by atoms with Crippen LogP contribution in [0.2, 0.25) is 5.15 Å². The SMILES string of the molecule is CCc1nc(Cl)c(C)c(Nc2cc(Br)ccc2Br)n1. The van der Waals surface area contributed by atoms with Gasteiger partial charge in [0.1, 0.15) is 16.8 Å². The molecule has 3 nitrogen and oxygen atoms in total. The summed E-state index contributed by atoms with van der Waals surface area (Å²) < 4.78 is 1.95. The zero-order chi connectivity index (χ0) is 14.0. The zero-order valence-corrected chi connectivity index (χ0v) is 14.4. The number of nitrogens with zero attached hydrogens (tertiary/aromatic N) is 2. The van der Waals surface area contributed by atoms with Crippen LogP contribution >= 0.6 is 43.5 Å². The zero-order valence-electron chi connectivity index (χ0n) is 10.5. The number of hydrogen-bond acceptors (Lipinski definition) is 3. The normalized spacial score (nSPS) is 10.6. The molecule has 0 unspecified atom stereocenters. The van der Waals surface area contributed by atoms with E-state index < -0.39 is 0 Å². The number of benzene rings is 1. The Morgan fingerprint density at radius 2 is 2.00 bits per heavy atom. The first-order valence-electron chi connectivity index (χ1n) is 5.76. The molecule has 6 heteroatoms. The molecular formula is C13H12Br2ClN3. The summed E-state index contributed by atoms with van der Waals surface area (Å²) in [6.45, 7) is 3.90. The van der Waals surface area contributed by atoms with Gasteiger partial charge in [-0.2, -0.15) is 0 Å². The predicted molar refractivity (Wildman–Crippen MR) is 86.3 cm³/mol. The Morgan fingerprint density at radius 1 is 1.26 bits per heavy atom. The molecule has 0 aliphatic carbocycles. The molecule has 0 radical (unpaired) electrons. The Balaban J connectivity index is 2.42. The largest absolute Gasteiger partial charge is 0.339 e. The number of aromatic nitrogens is 2. The molecule has 19 heavy (non-hydrogen) atoms. The first-order valence-corrected chi connectivity index (χ1v) is 7.72. The van der Waals surface area contributed by atoms with E-state index in [4.69, 9.17) is 11.6 Å². The average molecular weight is 406 g/mol. The molecule has 1 heterocycles. The topological polar surface area (TPSA) is 37.8 Å². The maximum absolute atomic E-state index is 6.12. The first-order chi connectivity index (χ1) is 9.01. The van der Waals surface area contributed by atoms with Gasteiger partial charge in [-0.25, -0.2) is 9.97 Å². The molecule has 0 saturated heterocycles. The van der Waals surface area contributed by atoms with Crippen LogP contribution in [-0.4, -0.2) is 9.97 Å². The lowest BCUT2D eigenvalue weighted by atomic mass is 10.3. The molecule has 0 bridgehead atoms. The van der Waals surface area contributed by atoms with Gasteiger partial charge >= 0.3 is 0 Å². The first kappa shape index (κ1) is 14.8. The van der Waals surface area contributed by atoms with Crippen molar-refractivity contribution in [3.63, 3.8) is 0 Å². The van der Waals surface area contributed by atoms with Crippen LogP contribution in [0.4, 0.5) is 11.5 Å². The van der Waals surface area contributed by atoms with Crippen LogP contribution in [-0.2, 0) is 6.42 Å². The number of halogens is 3. The summed E-state index contributed by atoms with van der Waals surface area (Å²) in [4.78, 5) is 8.70. The molecule has 1 N–H and O–H groups in total. The highest BCUT2D eigenvalue weighted by Crippen LogP contribution is 2.30. The van der Waals surface area contributed by atoms with Crippen molar-refractivity contribution in [2.75, 3.05) is 5.32 Å². The Kier molecular flexibility index (Phi) is 4.81. The average Bonchev–Trinajstić information content (AvgIpc) is 2.38. The summed E-state index contributed by atoms with van der Waals surface area (Å²) in [6.07, 6.45) is 0.744. The Bertz CT molecular complexity index is 617. The van der Waals surface area contributed by atoms with Crippen molar-refractivity contribution >= 4 is 55.0 Å². The summed E-state index contributed by atoms with van der Waals surface area (Å²) in [5, 5.41) is 3.77. The Morgan fingerprint density at radius 3 is 2.68 bits per heavy atom. The summed E-state index contributed by atoms with van der Waals surface area (Å²) in [5.41, 5.74) is 1.76. The van der Waals surface area contributed by atoms with Gasteiger partial charge in [0.25, 0.3) is 0 Å². The van der Waals surface area contributed by atoms with E-state index >= 15 is 0 Å². The van der Waals surface area contributed by atoms with Crippen molar-refractivity contribution < 1.29 is 0 Å². The number of hydrogen-bond donors (Lipinski definition) is 1. The number of rotatable bonds is 3. The summed E-state index contributed by atoms with van der Waals surface area (Å²) >= 11 is 13.1. The van der Waals surface area contributed by atoms with E-state index in [1.165, 1.54) is 0 Å². The van der Waals surface area contributed by atoms with E-state index in [2.05, 4.69) is 47.1 Å². The minimum atomic E-state index is 0.487. The second-order valence-corrected chi connectivity index (χ2v) is 6.13. The Labute approximate surface area is 134 Å². The van der Waals surface area contributed by atoms with Crippen LogP contribution in [0.5, 0.6) is 0 Å². The molecule has 1 aromatic heterocycles. The van der Waals surface area contributed by atoms with E-state index in [1.807, 2.05) is 32.0 Å². The lowest BCUT2D eigenvalue weighted by Crippen LogP contribution is -2.03. The number of nitrogens with one attached hydrogen (secondary N) is 1. The highest BCUT2D eigenvalue weighted by atomic mass is 79.9. The van der Waals surface area contributed by atoms with E-state index in [1.54, 1.807) is 0 Å². The van der Waals surface area contributed by atoms with Gasteiger partial charge in [-0.3, -0.25) is 0 Å². The Hall–Kier alpha value is -0.650. The van der Waals surface area contributed by atoms with Crippen LogP contribution in [0.3, 0.4) is 0 Å². The molecule has 0 fully saturated rings. The molecule has 2 rings (SSSR count). The van der Waals surface area contributed by atoms with Gasteiger partial charge in [0.15, 0.2) is 0 Å². The van der Waals surface area contributed by atoms with E-state index in [9.17, 15) is 0 Å². The van der Waals surface area contributed by atoms with Crippen LogP contribution in [0.25, 0.3) is 0 Å². The monoisotopic (exact) mass is 403 g/mol. The van der Waals surface area contributed by atoms with Crippen molar-refractivity contribution in [2.45, 2.75) is 20.3 Å². The van der Waals surface area contributed by atoms with Gasteiger partial charge in [0.2, 0.25) is 0 Å². The van der Waals surface area contributed by atoms with Crippen molar-refractivity contribution in [1.82, 2.24) is 9.97 Å². The van der Waals surface area contributed by atoms with Gasteiger partial charge in [-0.15, -0.1) is 0 Å². The molecule has 0 atom stereocenters. The third kappa shape index (κ3) is 3.46. The van der Waals surface area contributed by atoms with E-state index in [0.717, 1.165) is 38.3 Å². The fraction of sp³-hybridized carbons (Fsp3) is 0.231. The third-order valence-corrected chi connectivity index (χ3v) is 4.18. The lowest BCUT2D eigenvalue weighted by Gasteiger charge is -2.12. The maximum atomic E-state index is 6.12. The highest BCUT2D eigenvalue weighted by Gasteiger charge is 2.10. The fourth-order valence-corrected chi connectivity index (χ4v) is 2.43. The van der Waals surface area contributed by atoms with Crippen LogP contribution < -0.4 is 5.32 Å². The molecule has 0 aliphatic heterocycles. The standard InChI is InChI=1S/C13H12Br2ClN3/c1-3-11-18-12(16)7(2)13(19-11)17-10-6-8(14)4-5-9(10)15/h4-6H,3H2,1-2H3,(H,17,18,19). The minimum Gasteiger partial charge on any atom is -0.339 e. The fourth-order valence-electron chi connectivity index (χ4n) is 1.53. The maximum Gasteiger partial charge on any atom is 0.138 e. The molecule has 0 spiro atoms. The molecule has 0 aliphatic rings. The third-order valence-electron chi connectivity index (χ3n) is 2.63. The second-order valence-electron chi connectivity index (χ2n) is 4.01. The van der Waals surface area contributed by atoms with Crippen LogP contribution in [0.15, 0.2) is 27.1 Å². The van der Waals surface area contributed by atoms with Crippen LogP contribution in [0, 0.1) is 6.92 Å². The van der Waals surface area contributed by atoms with E-state index in [0.29, 0.717) is 5.15 Å². The predicted octanol–water partition coefficient (Wildman–Crippen LogP) is 5.27.